The Morgan fingerprint density at radius 1 is 1.52 bits per heavy atom. The summed E-state index contributed by atoms with van der Waals surface area (Å²) in [6.45, 7) is 6.98. The smallest absolute Gasteiger partial charge is 0.413 e. The second kappa shape index (κ2) is 6.57. The molecule has 0 bridgehead atoms. The van der Waals surface area contributed by atoms with Gasteiger partial charge in [0.2, 0.25) is 0 Å². The fourth-order valence-corrected chi connectivity index (χ4v) is 1.62. The largest absolute Gasteiger partial charge is 0.488 e. The van der Waals surface area contributed by atoms with Crippen molar-refractivity contribution < 1.29 is 19.2 Å². The van der Waals surface area contributed by atoms with Crippen molar-refractivity contribution in [1.82, 2.24) is 4.98 Å². The van der Waals surface area contributed by atoms with E-state index in [1.807, 2.05) is 0 Å². The molecule has 116 valence electrons. The van der Waals surface area contributed by atoms with Gasteiger partial charge in [0.05, 0.1) is 11.5 Å². The number of halogens is 1. The lowest BCUT2D eigenvalue weighted by atomic mass is 10.2. The van der Waals surface area contributed by atoms with Gasteiger partial charge in [-0.25, -0.2) is 9.78 Å². The lowest BCUT2D eigenvalue weighted by Gasteiger charge is -2.20. The number of ether oxygens (including phenoxy) is 2. The number of pyridine rings is 1. The Labute approximate surface area is 126 Å². The van der Waals surface area contributed by atoms with E-state index in [0.29, 0.717) is 0 Å². The van der Waals surface area contributed by atoms with Gasteiger partial charge in [-0.1, -0.05) is 11.6 Å². The van der Waals surface area contributed by atoms with Crippen LogP contribution in [0, 0.1) is 10.1 Å². The monoisotopic (exact) mass is 317 g/mol. The highest BCUT2D eigenvalue weighted by Gasteiger charge is 2.24. The molecule has 0 saturated carbocycles. The predicted molar refractivity (Wildman–Crippen MR) is 76.9 cm³/mol. The number of nitrogens with zero attached hydrogens (tertiary/aromatic N) is 2. The molecule has 1 amide bonds. The molecule has 0 atom stereocenters. The topological polar surface area (TPSA) is 104 Å². The highest BCUT2D eigenvalue weighted by atomic mass is 35.5. The van der Waals surface area contributed by atoms with E-state index >= 15 is 0 Å². The summed E-state index contributed by atoms with van der Waals surface area (Å²) in [5, 5.41) is 12.9. The van der Waals surface area contributed by atoms with E-state index < -0.39 is 22.3 Å². The molecule has 21 heavy (non-hydrogen) atoms. The molecule has 1 aromatic rings. The number of rotatable bonds is 4. The maximum absolute atomic E-state index is 11.7. The quantitative estimate of drug-likeness (QED) is 0.674. The van der Waals surface area contributed by atoms with Gasteiger partial charge in [0.15, 0.2) is 16.6 Å². The van der Waals surface area contributed by atoms with Gasteiger partial charge in [-0.3, -0.25) is 15.4 Å². The van der Waals surface area contributed by atoms with Gasteiger partial charge in [-0.15, -0.1) is 0 Å². The molecule has 8 nitrogen and oxygen atoms in total. The average Bonchev–Trinajstić information content (AvgIpc) is 2.30. The van der Waals surface area contributed by atoms with Gasteiger partial charge >= 0.3 is 11.8 Å². The number of aromatic nitrogens is 1. The minimum atomic E-state index is -0.763. The van der Waals surface area contributed by atoms with Gasteiger partial charge in [-0.05, 0) is 27.7 Å². The number of hydrogen-bond donors (Lipinski definition) is 1. The third-order valence-corrected chi connectivity index (χ3v) is 2.43. The van der Waals surface area contributed by atoms with Gasteiger partial charge in [0.25, 0.3) is 0 Å². The van der Waals surface area contributed by atoms with Crippen molar-refractivity contribution in [2.75, 3.05) is 11.9 Å². The number of carbonyl (C=O) groups excluding carboxylic acids is 1. The molecule has 0 aliphatic heterocycles. The number of amides is 1. The van der Waals surface area contributed by atoms with Crippen molar-refractivity contribution in [3.05, 3.63) is 21.3 Å². The van der Waals surface area contributed by atoms with E-state index in [1.54, 1.807) is 27.7 Å². The number of carbonyl (C=O) groups is 1. The first-order valence-electron chi connectivity index (χ1n) is 6.11. The summed E-state index contributed by atoms with van der Waals surface area (Å²) in [6.07, 6.45) is 0.179. The maximum atomic E-state index is 11.7. The third-order valence-electron chi connectivity index (χ3n) is 2.06. The van der Waals surface area contributed by atoms with Crippen LogP contribution in [-0.4, -0.2) is 28.2 Å². The molecule has 0 aromatic carbocycles. The van der Waals surface area contributed by atoms with E-state index in [1.165, 1.54) is 0 Å². The molecular formula is C12H16ClN3O5. The summed E-state index contributed by atoms with van der Waals surface area (Å²) in [5.41, 5.74) is -1.10. The molecular weight excluding hydrogens is 302 g/mol. The van der Waals surface area contributed by atoms with Crippen LogP contribution in [0.2, 0.25) is 5.02 Å². The number of nitro groups is 1. The standard InChI is InChI=1S/C12H16ClN3O5/c1-5-20-9-8(13)7(16(18)19)6-14-10(9)15-11(17)21-12(2,3)4/h6H,5H2,1-4H3,(H,14,15,17). The van der Waals surface area contributed by atoms with E-state index in [0.717, 1.165) is 6.20 Å². The van der Waals surface area contributed by atoms with Gasteiger partial charge in [0.1, 0.15) is 11.8 Å². The Bertz CT molecular complexity index is 557. The zero-order valence-corrected chi connectivity index (χ0v) is 12.9. The van der Waals surface area contributed by atoms with Gasteiger partial charge in [-0.2, -0.15) is 0 Å². The molecule has 1 rings (SSSR count). The maximum Gasteiger partial charge on any atom is 0.413 e. The first-order valence-corrected chi connectivity index (χ1v) is 6.49. The summed E-state index contributed by atoms with van der Waals surface area (Å²) in [4.78, 5) is 25.6. The highest BCUT2D eigenvalue weighted by molar-refractivity contribution is 6.34. The molecule has 0 radical (unpaired) electrons. The molecule has 0 fully saturated rings. The zero-order valence-electron chi connectivity index (χ0n) is 12.1. The number of hydrogen-bond acceptors (Lipinski definition) is 6. The van der Waals surface area contributed by atoms with Crippen molar-refractivity contribution >= 4 is 29.2 Å². The van der Waals surface area contributed by atoms with Crippen LogP contribution in [-0.2, 0) is 4.74 Å². The Morgan fingerprint density at radius 2 is 2.14 bits per heavy atom. The fourth-order valence-electron chi connectivity index (χ4n) is 1.35. The normalized spacial score (nSPS) is 10.9. The SMILES string of the molecule is CCOc1c(NC(=O)OC(C)(C)C)ncc([N+](=O)[O-])c1Cl. The van der Waals surface area contributed by atoms with Crippen molar-refractivity contribution in [3.8, 4) is 5.75 Å². The van der Waals surface area contributed by atoms with E-state index in [9.17, 15) is 14.9 Å². The summed E-state index contributed by atoms with van der Waals surface area (Å²) < 4.78 is 10.3. The Hall–Kier alpha value is -2.09. The summed E-state index contributed by atoms with van der Waals surface area (Å²) in [5.74, 6) is -0.110. The van der Waals surface area contributed by atoms with Gasteiger partial charge < -0.3 is 9.47 Å². The Kier molecular flexibility index (Phi) is 5.31. The van der Waals surface area contributed by atoms with Crippen LogP contribution in [0.3, 0.4) is 0 Å². The van der Waals surface area contributed by atoms with Crippen molar-refractivity contribution in [2.24, 2.45) is 0 Å². The van der Waals surface area contributed by atoms with Gasteiger partial charge in [0, 0.05) is 0 Å². The van der Waals surface area contributed by atoms with E-state index in [4.69, 9.17) is 21.1 Å². The van der Waals surface area contributed by atoms with Crippen molar-refractivity contribution in [3.63, 3.8) is 0 Å². The molecule has 0 spiro atoms. The highest BCUT2D eigenvalue weighted by Crippen LogP contribution is 2.38. The van der Waals surface area contributed by atoms with Crippen LogP contribution in [0.15, 0.2) is 6.20 Å². The Balaban J connectivity index is 3.10. The summed E-state index contributed by atoms with van der Waals surface area (Å²) >= 11 is 5.91. The number of nitrogens with one attached hydrogen (secondary N) is 1. The molecule has 0 unspecified atom stereocenters. The number of anilines is 1. The zero-order chi connectivity index (χ0) is 16.2. The first kappa shape index (κ1) is 17.0. The molecule has 0 saturated heterocycles. The van der Waals surface area contributed by atoms with Crippen LogP contribution in [0.25, 0.3) is 0 Å². The minimum absolute atomic E-state index is 0.0401. The summed E-state index contributed by atoms with van der Waals surface area (Å²) in [7, 11) is 0. The predicted octanol–water partition coefficient (Wildman–Crippen LogP) is 3.39. The van der Waals surface area contributed by atoms with E-state index in [-0.39, 0.29) is 23.2 Å². The second-order valence-electron chi connectivity index (χ2n) is 4.95. The molecule has 1 aromatic heterocycles. The lowest BCUT2D eigenvalue weighted by Crippen LogP contribution is -2.27. The second-order valence-corrected chi connectivity index (χ2v) is 5.33. The van der Waals surface area contributed by atoms with E-state index in [2.05, 4.69) is 10.3 Å². The average molecular weight is 318 g/mol. The van der Waals surface area contributed by atoms with Crippen LogP contribution >= 0.6 is 11.6 Å². The lowest BCUT2D eigenvalue weighted by molar-refractivity contribution is -0.385. The fraction of sp³-hybridized carbons (Fsp3) is 0.500. The van der Waals surface area contributed by atoms with Crippen LogP contribution in [0.4, 0.5) is 16.3 Å². The van der Waals surface area contributed by atoms with Crippen molar-refractivity contribution in [1.29, 1.82) is 0 Å². The van der Waals surface area contributed by atoms with Crippen LogP contribution in [0.5, 0.6) is 5.75 Å². The van der Waals surface area contributed by atoms with Crippen LogP contribution in [0.1, 0.15) is 27.7 Å². The molecule has 1 N–H and O–H groups in total. The van der Waals surface area contributed by atoms with Crippen molar-refractivity contribution in [2.45, 2.75) is 33.3 Å². The minimum Gasteiger partial charge on any atom is -0.488 e. The molecule has 0 aliphatic rings. The first-order chi connectivity index (χ1) is 9.65. The Morgan fingerprint density at radius 3 is 2.62 bits per heavy atom. The molecule has 9 heteroatoms. The third kappa shape index (κ3) is 4.75. The molecule has 0 aliphatic carbocycles. The summed E-state index contributed by atoms with van der Waals surface area (Å²) in [6, 6.07) is 0. The molecule has 1 heterocycles. The van der Waals surface area contributed by atoms with Crippen LogP contribution < -0.4 is 10.1 Å².